The van der Waals surface area contributed by atoms with Crippen molar-refractivity contribution in [1.29, 1.82) is 0 Å². The van der Waals surface area contributed by atoms with E-state index >= 15 is 0 Å². The Morgan fingerprint density at radius 3 is 2.62 bits per heavy atom. The first kappa shape index (κ1) is 17.2. The second-order valence-electron chi connectivity index (χ2n) is 4.82. The molecule has 0 bridgehead atoms. The Morgan fingerprint density at radius 1 is 1.21 bits per heavy atom. The van der Waals surface area contributed by atoms with Crippen LogP contribution in [-0.2, 0) is 0 Å². The molecule has 0 atom stereocenters. The van der Waals surface area contributed by atoms with Crippen molar-refractivity contribution in [2.75, 3.05) is 13.7 Å². The first-order valence-corrected chi connectivity index (χ1v) is 7.33. The van der Waals surface area contributed by atoms with E-state index in [9.17, 15) is 14.9 Å². The van der Waals surface area contributed by atoms with E-state index in [1.54, 1.807) is 30.3 Å². The fraction of sp³-hybridized carbons (Fsp3) is 0.167. The molecule has 2 aromatic carbocycles. The topological polar surface area (TPSA) is 78.7 Å². The number of allylic oxidation sites excluding steroid dienone is 1. The van der Waals surface area contributed by atoms with E-state index in [-0.39, 0.29) is 11.3 Å². The fourth-order valence-corrected chi connectivity index (χ4v) is 2.17. The highest BCUT2D eigenvalue weighted by atomic mass is 16.6. The summed E-state index contributed by atoms with van der Waals surface area (Å²) in [4.78, 5) is 22.6. The van der Waals surface area contributed by atoms with Crippen LogP contribution in [0.15, 0.2) is 48.5 Å². The summed E-state index contributed by atoms with van der Waals surface area (Å²) in [7, 11) is 1.53. The number of rotatable bonds is 7. The van der Waals surface area contributed by atoms with Gasteiger partial charge in [-0.1, -0.05) is 24.3 Å². The Hall–Kier alpha value is -3.15. The van der Waals surface area contributed by atoms with Crippen molar-refractivity contribution in [2.24, 2.45) is 0 Å². The minimum atomic E-state index is -0.568. The molecule has 6 heteroatoms. The normalized spacial score (nSPS) is 10.6. The summed E-state index contributed by atoms with van der Waals surface area (Å²) in [5.74, 6) is 0.731. The quantitative estimate of drug-likeness (QED) is 0.333. The molecule has 0 aliphatic heterocycles. The van der Waals surface area contributed by atoms with Gasteiger partial charge < -0.3 is 9.47 Å². The number of nitro groups is 1. The Balaban J connectivity index is 2.25. The van der Waals surface area contributed by atoms with E-state index < -0.39 is 10.7 Å². The second-order valence-corrected chi connectivity index (χ2v) is 4.82. The fourth-order valence-electron chi connectivity index (χ4n) is 2.17. The molecule has 24 heavy (non-hydrogen) atoms. The molecule has 124 valence electrons. The van der Waals surface area contributed by atoms with Gasteiger partial charge in [0, 0.05) is 6.07 Å². The molecular formula is C18H17NO5. The van der Waals surface area contributed by atoms with Gasteiger partial charge in [-0.2, -0.15) is 0 Å². The van der Waals surface area contributed by atoms with Crippen molar-refractivity contribution in [1.82, 2.24) is 0 Å². The van der Waals surface area contributed by atoms with Gasteiger partial charge in [0.05, 0.1) is 24.2 Å². The van der Waals surface area contributed by atoms with Crippen LogP contribution < -0.4 is 9.47 Å². The number of hydrogen-bond acceptors (Lipinski definition) is 5. The number of hydrogen-bond donors (Lipinski definition) is 0. The number of ketones is 1. The lowest BCUT2D eigenvalue weighted by Crippen LogP contribution is -2.00. The summed E-state index contributed by atoms with van der Waals surface area (Å²) in [6.45, 7) is 2.39. The molecule has 0 unspecified atom stereocenters. The number of ether oxygens (including phenoxy) is 2. The van der Waals surface area contributed by atoms with Crippen LogP contribution in [-0.4, -0.2) is 24.4 Å². The third-order valence-electron chi connectivity index (χ3n) is 3.28. The average molecular weight is 327 g/mol. The van der Waals surface area contributed by atoms with Gasteiger partial charge >= 0.3 is 0 Å². The van der Waals surface area contributed by atoms with Crippen molar-refractivity contribution in [3.05, 3.63) is 69.8 Å². The maximum atomic E-state index is 12.2. The molecule has 0 radical (unpaired) electrons. The predicted octanol–water partition coefficient (Wildman–Crippen LogP) is 3.90. The van der Waals surface area contributed by atoms with Crippen molar-refractivity contribution in [2.45, 2.75) is 6.92 Å². The molecule has 0 saturated heterocycles. The Morgan fingerprint density at radius 2 is 1.96 bits per heavy atom. The van der Waals surface area contributed by atoms with Gasteiger partial charge in [-0.05, 0) is 36.8 Å². The van der Waals surface area contributed by atoms with Gasteiger partial charge in [0.1, 0.15) is 0 Å². The number of para-hydroxylation sites is 1. The van der Waals surface area contributed by atoms with Crippen LogP contribution in [0.1, 0.15) is 22.8 Å². The third-order valence-corrected chi connectivity index (χ3v) is 3.28. The van der Waals surface area contributed by atoms with Gasteiger partial charge in [0.25, 0.3) is 5.69 Å². The Labute approximate surface area is 139 Å². The van der Waals surface area contributed by atoms with Crippen LogP contribution >= 0.6 is 0 Å². The molecule has 0 aliphatic rings. The number of methoxy groups -OCH3 is 1. The molecule has 0 fully saturated rings. The minimum Gasteiger partial charge on any atom is -0.493 e. The van der Waals surface area contributed by atoms with E-state index in [0.29, 0.717) is 18.1 Å². The van der Waals surface area contributed by atoms with E-state index in [1.807, 2.05) is 6.92 Å². The van der Waals surface area contributed by atoms with Crippen LogP contribution in [0.5, 0.6) is 11.5 Å². The lowest BCUT2D eigenvalue weighted by Gasteiger charge is -2.09. The van der Waals surface area contributed by atoms with Crippen molar-refractivity contribution >= 4 is 17.5 Å². The molecule has 0 amide bonds. The lowest BCUT2D eigenvalue weighted by molar-refractivity contribution is -0.385. The van der Waals surface area contributed by atoms with Gasteiger partial charge in [-0.3, -0.25) is 14.9 Å². The Kier molecular flexibility index (Phi) is 5.68. The zero-order valence-electron chi connectivity index (χ0n) is 13.4. The van der Waals surface area contributed by atoms with Crippen molar-refractivity contribution < 1.29 is 19.2 Å². The number of benzene rings is 2. The second kappa shape index (κ2) is 7.92. The average Bonchev–Trinajstić information content (AvgIpc) is 2.60. The highest BCUT2D eigenvalue weighted by Gasteiger charge is 2.16. The Bertz CT molecular complexity index is 783. The largest absolute Gasteiger partial charge is 0.493 e. The van der Waals surface area contributed by atoms with Crippen LogP contribution in [0, 0.1) is 10.1 Å². The summed E-state index contributed by atoms with van der Waals surface area (Å²) in [5.41, 5.74) is 0.565. The molecule has 6 nitrogen and oxygen atoms in total. The molecule has 0 aliphatic carbocycles. The SMILES string of the molecule is CCOc1ccc(C=CC(=O)c2ccccc2[N+](=O)[O-])cc1OC. The first-order chi connectivity index (χ1) is 11.6. The van der Waals surface area contributed by atoms with E-state index in [0.717, 1.165) is 5.56 Å². The molecule has 0 N–H and O–H groups in total. The number of carbonyl (C=O) groups excluding carboxylic acids is 1. The number of nitrogens with zero attached hydrogens (tertiary/aromatic N) is 1. The predicted molar refractivity (Wildman–Crippen MR) is 90.6 cm³/mol. The zero-order chi connectivity index (χ0) is 17.5. The van der Waals surface area contributed by atoms with Crippen LogP contribution in [0.4, 0.5) is 5.69 Å². The van der Waals surface area contributed by atoms with E-state index in [2.05, 4.69) is 0 Å². The van der Waals surface area contributed by atoms with Gasteiger partial charge in [0.15, 0.2) is 17.3 Å². The van der Waals surface area contributed by atoms with Gasteiger partial charge in [-0.25, -0.2) is 0 Å². The van der Waals surface area contributed by atoms with Gasteiger partial charge in [-0.15, -0.1) is 0 Å². The lowest BCUT2D eigenvalue weighted by atomic mass is 10.1. The van der Waals surface area contributed by atoms with E-state index in [1.165, 1.54) is 31.4 Å². The van der Waals surface area contributed by atoms with Crippen LogP contribution in [0.25, 0.3) is 6.08 Å². The van der Waals surface area contributed by atoms with Crippen molar-refractivity contribution in [3.8, 4) is 11.5 Å². The number of carbonyl (C=O) groups is 1. The summed E-state index contributed by atoms with van der Waals surface area (Å²) in [6.07, 6.45) is 2.88. The smallest absolute Gasteiger partial charge is 0.280 e. The van der Waals surface area contributed by atoms with Crippen LogP contribution in [0.2, 0.25) is 0 Å². The molecule has 0 aromatic heterocycles. The van der Waals surface area contributed by atoms with Gasteiger partial charge in [0.2, 0.25) is 0 Å². The van der Waals surface area contributed by atoms with Crippen LogP contribution in [0.3, 0.4) is 0 Å². The first-order valence-electron chi connectivity index (χ1n) is 7.33. The molecular weight excluding hydrogens is 310 g/mol. The number of nitro benzene ring substituents is 1. The zero-order valence-corrected chi connectivity index (χ0v) is 13.4. The molecule has 0 heterocycles. The summed E-state index contributed by atoms with van der Waals surface area (Å²) >= 11 is 0. The maximum absolute atomic E-state index is 12.2. The van der Waals surface area contributed by atoms with Crippen molar-refractivity contribution in [3.63, 3.8) is 0 Å². The summed E-state index contributed by atoms with van der Waals surface area (Å²) < 4.78 is 10.7. The minimum absolute atomic E-state index is 0.0525. The standard InChI is InChI=1S/C18H17NO5/c1-3-24-17-11-9-13(12-18(17)23-2)8-10-16(20)14-6-4-5-7-15(14)19(21)22/h4-12H,3H2,1-2H3. The van der Waals surface area contributed by atoms with E-state index in [4.69, 9.17) is 9.47 Å². The monoisotopic (exact) mass is 327 g/mol. The maximum Gasteiger partial charge on any atom is 0.280 e. The summed E-state index contributed by atoms with van der Waals surface area (Å²) in [6, 6.07) is 11.1. The molecule has 0 spiro atoms. The summed E-state index contributed by atoms with van der Waals surface area (Å²) in [5, 5.41) is 11.0. The highest BCUT2D eigenvalue weighted by molar-refractivity contribution is 6.09. The highest BCUT2D eigenvalue weighted by Crippen LogP contribution is 2.28. The third kappa shape index (κ3) is 3.98. The molecule has 2 rings (SSSR count). The molecule has 0 saturated carbocycles. The molecule has 2 aromatic rings.